The van der Waals surface area contributed by atoms with Crippen molar-refractivity contribution in [2.45, 2.75) is 38.7 Å². The van der Waals surface area contributed by atoms with E-state index in [1.54, 1.807) is 38.1 Å². The fraction of sp³-hybridized carbons (Fsp3) is 0.412. The van der Waals surface area contributed by atoms with Crippen LogP contribution >= 0.6 is 0 Å². The number of carbonyl (C=O) groups excluding carboxylic acids is 2. The third-order valence-electron chi connectivity index (χ3n) is 3.59. The quantitative estimate of drug-likeness (QED) is 0.616. The number of esters is 1. The van der Waals surface area contributed by atoms with E-state index in [0.717, 1.165) is 6.08 Å². The minimum atomic E-state index is -3.72. The van der Waals surface area contributed by atoms with Gasteiger partial charge in [0.2, 0.25) is 5.78 Å². The van der Waals surface area contributed by atoms with E-state index in [1.807, 2.05) is 0 Å². The Balaban J connectivity index is 2.23. The van der Waals surface area contributed by atoms with Gasteiger partial charge in [-0.15, -0.1) is 0 Å². The van der Waals surface area contributed by atoms with E-state index in [2.05, 4.69) is 0 Å². The van der Waals surface area contributed by atoms with Gasteiger partial charge >= 0.3 is 11.9 Å². The maximum atomic E-state index is 14.2. The summed E-state index contributed by atoms with van der Waals surface area (Å²) in [4.78, 5) is 23.8. The summed E-state index contributed by atoms with van der Waals surface area (Å²) < 4.78 is 33.4. The van der Waals surface area contributed by atoms with Gasteiger partial charge in [-0.25, -0.2) is 4.79 Å². The van der Waals surface area contributed by atoms with Gasteiger partial charge in [-0.05, 0) is 30.0 Å². The van der Waals surface area contributed by atoms with Crippen LogP contribution in [0.1, 0.15) is 37.0 Å². The van der Waals surface area contributed by atoms with E-state index in [0.29, 0.717) is 6.42 Å². The van der Waals surface area contributed by atoms with Crippen LogP contribution in [0.4, 0.5) is 8.78 Å². The number of allylic oxidation sites excluding steroid dienone is 1. The molecule has 0 saturated carbocycles. The van der Waals surface area contributed by atoms with Crippen molar-refractivity contribution >= 4 is 11.8 Å². The molecule has 5 heteroatoms. The highest BCUT2D eigenvalue weighted by Gasteiger charge is 2.50. The standard InChI is InChI=1S/C17H18F2O3/c1-16(2)10-6-9-14(17(18,19)13(20)11-16)22-15(21)12-7-4-3-5-8-12/h3-9,14H,10-11H2,1-2H3. The molecular weight excluding hydrogens is 290 g/mol. The van der Waals surface area contributed by atoms with Crippen LogP contribution in [0, 0.1) is 5.41 Å². The van der Waals surface area contributed by atoms with Crippen LogP contribution in [0.2, 0.25) is 0 Å². The minimum absolute atomic E-state index is 0.168. The molecule has 0 aliphatic heterocycles. The highest BCUT2D eigenvalue weighted by Crippen LogP contribution is 2.35. The van der Waals surface area contributed by atoms with Crippen LogP contribution in [-0.4, -0.2) is 23.8 Å². The van der Waals surface area contributed by atoms with E-state index >= 15 is 0 Å². The number of hydrogen-bond acceptors (Lipinski definition) is 3. The van der Waals surface area contributed by atoms with Crippen molar-refractivity contribution in [3.8, 4) is 0 Å². The second kappa shape index (κ2) is 5.99. The average Bonchev–Trinajstić information content (AvgIpc) is 2.45. The smallest absolute Gasteiger partial charge is 0.344 e. The van der Waals surface area contributed by atoms with E-state index in [1.165, 1.54) is 12.1 Å². The van der Waals surface area contributed by atoms with Crippen molar-refractivity contribution in [3.63, 3.8) is 0 Å². The van der Waals surface area contributed by atoms with Crippen LogP contribution in [0.5, 0.6) is 0 Å². The summed E-state index contributed by atoms with van der Waals surface area (Å²) in [7, 11) is 0. The zero-order chi connectivity index (χ0) is 16.4. The Hall–Kier alpha value is -2.04. The SMILES string of the molecule is CC1(C)CC=CC(OC(=O)c2ccccc2)C(F)(F)C(=O)C1. The predicted molar refractivity (Wildman–Crippen MR) is 77.8 cm³/mol. The lowest BCUT2D eigenvalue weighted by Gasteiger charge is -2.30. The van der Waals surface area contributed by atoms with Crippen LogP contribution in [0.25, 0.3) is 0 Å². The second-order valence-electron chi connectivity index (χ2n) is 6.21. The lowest BCUT2D eigenvalue weighted by Crippen LogP contribution is -2.45. The van der Waals surface area contributed by atoms with E-state index < -0.39 is 29.2 Å². The van der Waals surface area contributed by atoms with Crippen LogP contribution in [0.3, 0.4) is 0 Å². The van der Waals surface area contributed by atoms with E-state index in [4.69, 9.17) is 4.74 Å². The van der Waals surface area contributed by atoms with Crippen molar-refractivity contribution in [3.05, 3.63) is 48.0 Å². The molecule has 0 heterocycles. The molecule has 0 radical (unpaired) electrons. The van der Waals surface area contributed by atoms with E-state index in [9.17, 15) is 18.4 Å². The van der Waals surface area contributed by atoms with E-state index in [-0.39, 0.29) is 12.0 Å². The molecule has 0 aromatic heterocycles. The summed E-state index contributed by atoms with van der Waals surface area (Å²) in [6.45, 7) is 3.50. The third-order valence-corrected chi connectivity index (χ3v) is 3.59. The summed E-state index contributed by atoms with van der Waals surface area (Å²) in [6, 6.07) is 7.86. The molecule has 2 rings (SSSR count). The summed E-state index contributed by atoms with van der Waals surface area (Å²) in [5, 5.41) is 0. The first-order valence-corrected chi connectivity index (χ1v) is 7.06. The first-order valence-electron chi connectivity index (χ1n) is 7.06. The first-order chi connectivity index (χ1) is 10.2. The van der Waals surface area contributed by atoms with Gasteiger partial charge in [0, 0.05) is 6.42 Å². The van der Waals surface area contributed by atoms with Crippen molar-refractivity contribution in [2.75, 3.05) is 0 Å². The molecule has 1 aromatic rings. The van der Waals surface area contributed by atoms with Crippen LogP contribution < -0.4 is 0 Å². The summed E-state index contributed by atoms with van der Waals surface area (Å²) in [5.41, 5.74) is -0.368. The Labute approximate surface area is 128 Å². The normalized spacial score (nSPS) is 23.5. The van der Waals surface area contributed by atoms with Gasteiger partial charge in [0.15, 0.2) is 6.10 Å². The number of ketones is 1. The predicted octanol–water partition coefficient (Wildman–Crippen LogP) is 3.79. The lowest BCUT2D eigenvalue weighted by molar-refractivity contribution is -0.158. The fourth-order valence-corrected chi connectivity index (χ4v) is 2.29. The highest BCUT2D eigenvalue weighted by molar-refractivity contribution is 5.91. The monoisotopic (exact) mass is 308 g/mol. The Morgan fingerprint density at radius 2 is 1.86 bits per heavy atom. The Morgan fingerprint density at radius 1 is 1.23 bits per heavy atom. The largest absolute Gasteiger partial charge is 0.448 e. The van der Waals surface area contributed by atoms with Crippen molar-refractivity contribution < 1.29 is 23.1 Å². The van der Waals surface area contributed by atoms with Crippen molar-refractivity contribution in [2.24, 2.45) is 5.41 Å². The number of benzene rings is 1. The molecule has 0 amide bonds. The Kier molecular flexibility index (Phi) is 4.44. The van der Waals surface area contributed by atoms with Gasteiger partial charge in [-0.1, -0.05) is 38.1 Å². The number of ether oxygens (including phenoxy) is 1. The summed E-state index contributed by atoms with van der Waals surface area (Å²) >= 11 is 0. The zero-order valence-corrected chi connectivity index (χ0v) is 12.5. The molecule has 1 aliphatic rings. The number of carbonyl (C=O) groups is 2. The lowest BCUT2D eigenvalue weighted by atomic mass is 9.80. The van der Waals surface area contributed by atoms with Crippen molar-refractivity contribution in [1.29, 1.82) is 0 Å². The molecule has 0 fully saturated rings. The number of hydrogen-bond donors (Lipinski definition) is 0. The summed E-state index contributed by atoms with van der Waals surface area (Å²) in [6.07, 6.45) is 0.991. The highest BCUT2D eigenvalue weighted by atomic mass is 19.3. The van der Waals surface area contributed by atoms with Gasteiger partial charge in [0.25, 0.3) is 0 Å². The number of Topliss-reactive ketones (excluding diaryl/α,β-unsaturated/α-hetero) is 1. The Bertz CT molecular complexity index is 591. The molecule has 3 nitrogen and oxygen atoms in total. The zero-order valence-electron chi connectivity index (χ0n) is 12.5. The van der Waals surface area contributed by atoms with Crippen LogP contribution in [0.15, 0.2) is 42.5 Å². The maximum absolute atomic E-state index is 14.2. The Morgan fingerprint density at radius 3 is 2.50 bits per heavy atom. The van der Waals surface area contributed by atoms with Gasteiger partial charge in [-0.2, -0.15) is 8.78 Å². The van der Waals surface area contributed by atoms with Gasteiger partial charge in [0.1, 0.15) is 0 Å². The average molecular weight is 308 g/mol. The van der Waals surface area contributed by atoms with Gasteiger partial charge in [0.05, 0.1) is 5.56 Å². The number of halogens is 2. The molecule has 1 atom stereocenters. The molecule has 0 bridgehead atoms. The fourth-order valence-electron chi connectivity index (χ4n) is 2.29. The molecule has 0 spiro atoms. The van der Waals surface area contributed by atoms with Gasteiger partial charge in [-0.3, -0.25) is 4.79 Å². The number of alkyl halides is 2. The molecule has 118 valence electrons. The second-order valence-corrected chi connectivity index (χ2v) is 6.21. The molecule has 22 heavy (non-hydrogen) atoms. The van der Waals surface area contributed by atoms with Crippen molar-refractivity contribution in [1.82, 2.24) is 0 Å². The molecule has 1 aliphatic carbocycles. The number of rotatable bonds is 2. The molecule has 0 saturated heterocycles. The topological polar surface area (TPSA) is 43.4 Å². The molecule has 1 unspecified atom stereocenters. The third kappa shape index (κ3) is 3.59. The van der Waals surface area contributed by atoms with Crippen LogP contribution in [-0.2, 0) is 9.53 Å². The molecule has 1 aromatic carbocycles. The molecular formula is C17H18F2O3. The first kappa shape index (κ1) is 16.3. The minimum Gasteiger partial charge on any atom is -0.448 e. The molecule has 0 N–H and O–H groups in total. The summed E-state index contributed by atoms with van der Waals surface area (Å²) in [5.74, 6) is -5.80. The maximum Gasteiger partial charge on any atom is 0.344 e. The van der Waals surface area contributed by atoms with Gasteiger partial charge < -0.3 is 4.74 Å².